The van der Waals surface area contributed by atoms with Gasteiger partial charge in [-0.1, -0.05) is 54.6 Å². The molecular formula is C28H33N3O4. The van der Waals surface area contributed by atoms with Gasteiger partial charge in [-0.3, -0.25) is 14.4 Å². The molecule has 5 N–H and O–H groups in total. The van der Waals surface area contributed by atoms with Gasteiger partial charge >= 0.3 is 0 Å². The lowest BCUT2D eigenvalue weighted by Crippen LogP contribution is -2.48. The number of rotatable bonds is 12. The van der Waals surface area contributed by atoms with Crippen LogP contribution in [0.3, 0.4) is 0 Å². The first-order chi connectivity index (χ1) is 16.9. The number of nitrogens with two attached hydrogens (primary N) is 1. The van der Waals surface area contributed by atoms with Crippen molar-refractivity contribution in [2.24, 2.45) is 5.73 Å². The Morgan fingerprint density at radius 3 is 2.43 bits per heavy atom. The lowest BCUT2D eigenvalue weighted by atomic mass is 10.0. The van der Waals surface area contributed by atoms with E-state index in [0.29, 0.717) is 37.9 Å². The van der Waals surface area contributed by atoms with Gasteiger partial charge in [-0.25, -0.2) is 0 Å². The molecule has 0 heterocycles. The van der Waals surface area contributed by atoms with Crippen LogP contribution < -0.4 is 16.4 Å². The molecule has 2 atom stereocenters. The number of aliphatic hydroxyl groups excluding tert-OH is 1. The van der Waals surface area contributed by atoms with Crippen molar-refractivity contribution in [2.75, 3.05) is 6.54 Å². The SMILES string of the molecule is CC(O)C(=O)CCCCNC(=O)[C@H](Cc1ccc2ccccc2c1)NC(=O)c1cccc(CN)c1. The van der Waals surface area contributed by atoms with E-state index in [-0.39, 0.29) is 24.0 Å². The molecule has 0 bridgehead atoms. The molecule has 0 fully saturated rings. The lowest BCUT2D eigenvalue weighted by Gasteiger charge is -2.19. The highest BCUT2D eigenvalue weighted by molar-refractivity contribution is 5.97. The van der Waals surface area contributed by atoms with Crippen molar-refractivity contribution in [1.82, 2.24) is 10.6 Å². The van der Waals surface area contributed by atoms with Crippen LogP contribution in [-0.2, 0) is 22.6 Å². The lowest BCUT2D eigenvalue weighted by molar-refractivity contribution is -0.126. The largest absolute Gasteiger partial charge is 0.386 e. The first kappa shape index (κ1) is 26.1. The Morgan fingerprint density at radius 1 is 0.914 bits per heavy atom. The normalized spacial score (nSPS) is 12.7. The number of unbranched alkanes of at least 4 members (excludes halogenated alkanes) is 1. The van der Waals surface area contributed by atoms with Crippen molar-refractivity contribution in [3.05, 3.63) is 83.4 Å². The van der Waals surface area contributed by atoms with Crippen molar-refractivity contribution in [1.29, 1.82) is 0 Å². The molecule has 3 aromatic carbocycles. The Labute approximate surface area is 205 Å². The van der Waals surface area contributed by atoms with Gasteiger partial charge in [-0.05, 0) is 53.8 Å². The smallest absolute Gasteiger partial charge is 0.251 e. The third-order valence-electron chi connectivity index (χ3n) is 5.92. The van der Waals surface area contributed by atoms with Gasteiger partial charge < -0.3 is 21.5 Å². The average molecular weight is 476 g/mol. The summed E-state index contributed by atoms with van der Waals surface area (Å²) < 4.78 is 0. The molecular weight excluding hydrogens is 442 g/mol. The van der Waals surface area contributed by atoms with Gasteiger partial charge in [0.15, 0.2) is 5.78 Å². The number of benzene rings is 3. The van der Waals surface area contributed by atoms with Crippen LogP contribution in [0.2, 0.25) is 0 Å². The van der Waals surface area contributed by atoms with Crippen LogP contribution in [0.25, 0.3) is 10.8 Å². The van der Waals surface area contributed by atoms with E-state index in [1.165, 1.54) is 6.92 Å². The van der Waals surface area contributed by atoms with E-state index in [4.69, 9.17) is 5.73 Å². The van der Waals surface area contributed by atoms with Crippen molar-refractivity contribution >= 4 is 28.4 Å². The highest BCUT2D eigenvalue weighted by atomic mass is 16.3. The first-order valence-electron chi connectivity index (χ1n) is 11.9. The van der Waals surface area contributed by atoms with E-state index >= 15 is 0 Å². The minimum absolute atomic E-state index is 0.211. The van der Waals surface area contributed by atoms with Crippen LogP contribution in [0.4, 0.5) is 0 Å². The summed E-state index contributed by atoms with van der Waals surface area (Å²) in [5.74, 6) is -0.843. The van der Waals surface area contributed by atoms with Gasteiger partial charge in [-0.15, -0.1) is 0 Å². The maximum atomic E-state index is 13.1. The maximum Gasteiger partial charge on any atom is 0.251 e. The van der Waals surface area contributed by atoms with Gasteiger partial charge in [-0.2, -0.15) is 0 Å². The Hall–Kier alpha value is -3.55. The van der Waals surface area contributed by atoms with Crippen molar-refractivity contribution in [3.8, 4) is 0 Å². The number of amides is 2. The number of ketones is 1. The number of aliphatic hydroxyl groups is 1. The minimum Gasteiger partial charge on any atom is -0.386 e. The fraction of sp³-hybridized carbons (Fsp3) is 0.321. The van der Waals surface area contributed by atoms with Gasteiger partial charge in [0.05, 0.1) is 0 Å². The molecule has 35 heavy (non-hydrogen) atoms. The Morgan fingerprint density at radius 2 is 1.69 bits per heavy atom. The molecule has 0 aliphatic carbocycles. The second-order valence-electron chi connectivity index (χ2n) is 8.71. The number of hydrogen-bond acceptors (Lipinski definition) is 5. The predicted octanol–water partition coefficient (Wildman–Crippen LogP) is 2.88. The second kappa shape index (κ2) is 12.8. The van der Waals surface area contributed by atoms with E-state index in [1.807, 2.05) is 48.5 Å². The van der Waals surface area contributed by atoms with E-state index in [0.717, 1.165) is 21.9 Å². The Kier molecular flexibility index (Phi) is 9.52. The summed E-state index contributed by atoms with van der Waals surface area (Å²) in [6.07, 6.45) is 0.794. The highest BCUT2D eigenvalue weighted by Gasteiger charge is 2.22. The number of carbonyl (C=O) groups is 3. The molecule has 0 aromatic heterocycles. The molecule has 0 saturated heterocycles. The summed E-state index contributed by atoms with van der Waals surface area (Å²) in [5, 5.41) is 17.2. The standard InChI is InChI=1S/C28H33N3O4/c1-19(32)26(33)11-4-5-14-30-28(35)25(31-27(34)24-10-6-7-21(16-24)18-29)17-20-12-13-22-8-2-3-9-23(22)15-20/h2-3,6-10,12-13,15-16,19,25,32H,4-5,11,14,17-18,29H2,1H3,(H,30,35)(H,31,34)/t19?,25-/m0/s1. The van der Waals surface area contributed by atoms with E-state index < -0.39 is 12.1 Å². The van der Waals surface area contributed by atoms with E-state index in [9.17, 15) is 19.5 Å². The van der Waals surface area contributed by atoms with Gasteiger partial charge in [0.1, 0.15) is 12.1 Å². The van der Waals surface area contributed by atoms with E-state index in [1.54, 1.807) is 18.2 Å². The number of nitrogens with one attached hydrogen (secondary N) is 2. The van der Waals surface area contributed by atoms with Crippen molar-refractivity contribution < 1.29 is 19.5 Å². The fourth-order valence-corrected chi connectivity index (χ4v) is 3.86. The fourth-order valence-electron chi connectivity index (χ4n) is 3.86. The predicted molar refractivity (Wildman–Crippen MR) is 137 cm³/mol. The zero-order valence-corrected chi connectivity index (χ0v) is 20.0. The number of fused-ring (bicyclic) bond motifs is 1. The van der Waals surface area contributed by atoms with E-state index in [2.05, 4.69) is 10.6 Å². The van der Waals surface area contributed by atoms with Crippen LogP contribution in [-0.4, -0.2) is 41.4 Å². The number of carbonyl (C=O) groups excluding carboxylic acids is 3. The summed E-state index contributed by atoms with van der Waals surface area (Å²) in [4.78, 5) is 37.6. The number of hydrogen-bond donors (Lipinski definition) is 4. The topological polar surface area (TPSA) is 122 Å². The second-order valence-corrected chi connectivity index (χ2v) is 8.71. The first-order valence-corrected chi connectivity index (χ1v) is 11.9. The molecule has 7 nitrogen and oxygen atoms in total. The molecule has 0 aliphatic rings. The van der Waals surface area contributed by atoms with Gasteiger partial charge in [0.2, 0.25) is 5.91 Å². The van der Waals surface area contributed by atoms with Crippen LogP contribution in [0.5, 0.6) is 0 Å². The number of Topliss-reactive ketones (excluding diaryl/α,β-unsaturated/α-hetero) is 1. The van der Waals surface area contributed by atoms with Crippen LogP contribution in [0, 0.1) is 0 Å². The molecule has 2 amide bonds. The molecule has 0 aliphatic heterocycles. The summed E-state index contributed by atoms with van der Waals surface area (Å²) in [6, 6.07) is 20.2. The zero-order valence-electron chi connectivity index (χ0n) is 20.0. The molecule has 3 aromatic rings. The molecule has 3 rings (SSSR count). The summed E-state index contributed by atoms with van der Waals surface area (Å²) >= 11 is 0. The molecule has 1 unspecified atom stereocenters. The summed E-state index contributed by atoms with van der Waals surface area (Å²) in [5.41, 5.74) is 7.91. The third-order valence-corrected chi connectivity index (χ3v) is 5.92. The minimum atomic E-state index is -0.969. The molecule has 7 heteroatoms. The molecule has 0 radical (unpaired) electrons. The molecule has 0 spiro atoms. The van der Waals surface area contributed by atoms with Crippen LogP contribution in [0.15, 0.2) is 66.7 Å². The van der Waals surface area contributed by atoms with Crippen LogP contribution >= 0.6 is 0 Å². The van der Waals surface area contributed by atoms with Gasteiger partial charge in [0, 0.05) is 31.5 Å². The van der Waals surface area contributed by atoms with Crippen molar-refractivity contribution in [3.63, 3.8) is 0 Å². The van der Waals surface area contributed by atoms with Crippen LogP contribution in [0.1, 0.15) is 47.7 Å². The quantitative estimate of drug-likeness (QED) is 0.300. The summed E-state index contributed by atoms with van der Waals surface area (Å²) in [6.45, 7) is 2.14. The molecule has 0 saturated carbocycles. The van der Waals surface area contributed by atoms with Crippen molar-refractivity contribution in [2.45, 2.75) is 51.3 Å². The maximum absolute atomic E-state index is 13.1. The monoisotopic (exact) mass is 475 g/mol. The Bertz CT molecular complexity index is 1180. The summed E-state index contributed by atoms with van der Waals surface area (Å²) in [7, 11) is 0. The zero-order chi connectivity index (χ0) is 25.2. The Balaban J connectivity index is 1.69. The third kappa shape index (κ3) is 7.73. The van der Waals surface area contributed by atoms with Gasteiger partial charge in [0.25, 0.3) is 5.91 Å². The average Bonchev–Trinajstić information content (AvgIpc) is 2.87. The highest BCUT2D eigenvalue weighted by Crippen LogP contribution is 2.17. The molecule has 184 valence electrons.